The Balaban J connectivity index is 2.31. The largest absolute Gasteiger partial charge is 0.477 e. The van der Waals surface area contributed by atoms with Gasteiger partial charge in [-0.1, -0.05) is 18.3 Å². The van der Waals surface area contributed by atoms with Gasteiger partial charge in [0.2, 0.25) is 0 Å². The van der Waals surface area contributed by atoms with Crippen molar-refractivity contribution in [2.45, 2.75) is 11.6 Å². The van der Waals surface area contributed by atoms with Gasteiger partial charge < -0.3 is 15.3 Å². The lowest BCUT2D eigenvalue weighted by Crippen LogP contribution is -2.05. The smallest absolute Gasteiger partial charge is 0.341 e. The zero-order chi connectivity index (χ0) is 13.8. The number of aromatic nitrogens is 2. The number of nitrogens with zero attached hydrogens (tertiary/aromatic N) is 2. The van der Waals surface area contributed by atoms with E-state index in [0.717, 1.165) is 11.8 Å². The lowest BCUT2D eigenvalue weighted by atomic mass is 10.3. The van der Waals surface area contributed by atoms with E-state index in [9.17, 15) is 4.79 Å². The van der Waals surface area contributed by atoms with Crippen molar-refractivity contribution in [1.82, 2.24) is 9.97 Å². The minimum Gasteiger partial charge on any atom is -0.477 e. The van der Waals surface area contributed by atoms with Crippen molar-refractivity contribution in [2.24, 2.45) is 5.73 Å². The molecular formula is C12H11N3O3S. The summed E-state index contributed by atoms with van der Waals surface area (Å²) in [6.45, 7) is 3.58. The Hall–Kier alpha value is -2.12. The Bertz CT molecular complexity index is 611. The minimum atomic E-state index is -1.09. The second-order valence-electron chi connectivity index (χ2n) is 3.52. The minimum absolute atomic E-state index is 0.0326. The summed E-state index contributed by atoms with van der Waals surface area (Å²) in [4.78, 5) is 19.2. The average Bonchev–Trinajstić information content (AvgIpc) is 2.93. The molecule has 0 unspecified atom stereocenters. The molecule has 2 aromatic heterocycles. The van der Waals surface area contributed by atoms with E-state index in [1.807, 2.05) is 0 Å². The van der Waals surface area contributed by atoms with Crippen LogP contribution in [-0.2, 0) is 11.3 Å². The van der Waals surface area contributed by atoms with E-state index in [-0.39, 0.29) is 11.4 Å². The number of carboxylic acid groups (broad SMARTS) is 1. The van der Waals surface area contributed by atoms with Crippen molar-refractivity contribution in [3.05, 3.63) is 41.8 Å². The predicted octanol–water partition coefficient (Wildman–Crippen LogP) is 1.89. The van der Waals surface area contributed by atoms with E-state index in [0.29, 0.717) is 22.2 Å². The number of carbonyl (C=O) groups is 1. The first kappa shape index (κ1) is 13.3. The molecule has 6 nitrogen and oxygen atoms in total. The molecule has 0 fully saturated rings. The van der Waals surface area contributed by atoms with E-state index >= 15 is 0 Å². The molecule has 0 amide bonds. The number of hydrogen-bond donors (Lipinski definition) is 2. The number of rotatable bonds is 5. The number of carboxylic acids is 1. The number of aliphatic carboxylic acids is 1. The van der Waals surface area contributed by atoms with E-state index in [1.54, 1.807) is 12.1 Å². The molecule has 0 aliphatic heterocycles. The normalized spacial score (nSPS) is 10.4. The highest BCUT2D eigenvalue weighted by Gasteiger charge is 2.14. The topological polar surface area (TPSA) is 102 Å². The van der Waals surface area contributed by atoms with Gasteiger partial charge in [0.15, 0.2) is 5.76 Å². The van der Waals surface area contributed by atoms with Gasteiger partial charge in [0.1, 0.15) is 10.7 Å². The van der Waals surface area contributed by atoms with Gasteiger partial charge in [-0.25, -0.2) is 14.8 Å². The third-order valence-corrected chi connectivity index (χ3v) is 3.19. The molecule has 0 spiro atoms. The van der Waals surface area contributed by atoms with Crippen LogP contribution in [0.5, 0.6) is 0 Å². The van der Waals surface area contributed by atoms with Crippen LogP contribution in [-0.4, -0.2) is 21.0 Å². The predicted molar refractivity (Wildman–Crippen MR) is 70.3 cm³/mol. The first-order chi connectivity index (χ1) is 9.11. The van der Waals surface area contributed by atoms with Crippen molar-refractivity contribution in [1.29, 1.82) is 0 Å². The highest BCUT2D eigenvalue weighted by atomic mass is 32.2. The van der Waals surface area contributed by atoms with Crippen molar-refractivity contribution in [3.8, 4) is 11.5 Å². The maximum atomic E-state index is 10.7. The van der Waals surface area contributed by atoms with Crippen LogP contribution in [0.15, 0.2) is 45.5 Å². The summed E-state index contributed by atoms with van der Waals surface area (Å²) >= 11 is 0.931. The molecule has 2 heterocycles. The molecule has 19 heavy (non-hydrogen) atoms. The summed E-state index contributed by atoms with van der Waals surface area (Å²) in [5.41, 5.74) is 6.65. The van der Waals surface area contributed by atoms with Gasteiger partial charge in [-0.2, -0.15) is 0 Å². The Labute approximate surface area is 113 Å². The molecule has 0 saturated carbocycles. The second kappa shape index (κ2) is 5.68. The Morgan fingerprint density at radius 2 is 2.37 bits per heavy atom. The molecular weight excluding hydrogens is 266 g/mol. The van der Waals surface area contributed by atoms with Crippen molar-refractivity contribution < 1.29 is 14.3 Å². The van der Waals surface area contributed by atoms with Gasteiger partial charge in [0.05, 0.1) is 23.1 Å². The van der Waals surface area contributed by atoms with E-state index in [4.69, 9.17) is 15.3 Å². The standard InChI is InChI=1S/C12H11N3O3S/c1-7(12(16)17)19-11-8(5-13)15-9(6-14-11)10-3-2-4-18-10/h2-4,6H,1,5,13H2,(H,16,17). The van der Waals surface area contributed by atoms with E-state index < -0.39 is 5.97 Å². The maximum absolute atomic E-state index is 10.7. The molecule has 0 radical (unpaired) electrons. The van der Waals surface area contributed by atoms with Crippen LogP contribution in [0.4, 0.5) is 0 Å². The Kier molecular flexibility index (Phi) is 3.98. The Morgan fingerprint density at radius 3 is 2.95 bits per heavy atom. The van der Waals surface area contributed by atoms with Gasteiger partial charge in [-0.3, -0.25) is 0 Å². The Morgan fingerprint density at radius 1 is 1.58 bits per heavy atom. The fourth-order valence-electron chi connectivity index (χ4n) is 1.34. The molecule has 0 aromatic carbocycles. The SMILES string of the molecule is C=C(Sc1ncc(-c2ccco2)nc1CN)C(=O)O. The fourth-order valence-corrected chi connectivity index (χ4v) is 2.01. The van der Waals surface area contributed by atoms with Crippen LogP contribution in [0.3, 0.4) is 0 Å². The van der Waals surface area contributed by atoms with Crippen LogP contribution in [0, 0.1) is 0 Å². The van der Waals surface area contributed by atoms with E-state index in [2.05, 4.69) is 16.5 Å². The van der Waals surface area contributed by atoms with Gasteiger partial charge in [-0.15, -0.1) is 0 Å². The number of nitrogens with two attached hydrogens (primary N) is 1. The maximum Gasteiger partial charge on any atom is 0.341 e. The van der Waals surface area contributed by atoms with Crippen molar-refractivity contribution in [3.63, 3.8) is 0 Å². The van der Waals surface area contributed by atoms with Crippen LogP contribution in [0.2, 0.25) is 0 Å². The molecule has 98 valence electrons. The number of furan rings is 1. The zero-order valence-corrected chi connectivity index (χ0v) is 10.7. The molecule has 7 heteroatoms. The third-order valence-electron chi connectivity index (χ3n) is 2.23. The lowest BCUT2D eigenvalue weighted by molar-refractivity contribution is -0.131. The van der Waals surface area contributed by atoms with Gasteiger partial charge >= 0.3 is 5.97 Å². The number of hydrogen-bond acceptors (Lipinski definition) is 6. The van der Waals surface area contributed by atoms with Crippen LogP contribution >= 0.6 is 11.8 Å². The highest BCUT2D eigenvalue weighted by molar-refractivity contribution is 8.03. The highest BCUT2D eigenvalue weighted by Crippen LogP contribution is 2.27. The summed E-state index contributed by atoms with van der Waals surface area (Å²) in [7, 11) is 0. The molecule has 0 saturated heterocycles. The lowest BCUT2D eigenvalue weighted by Gasteiger charge is -2.06. The molecule has 3 N–H and O–H groups in total. The molecule has 0 atom stereocenters. The van der Waals surface area contributed by atoms with Crippen LogP contribution in [0.1, 0.15) is 5.69 Å². The van der Waals surface area contributed by atoms with Gasteiger partial charge in [-0.05, 0) is 12.1 Å². The van der Waals surface area contributed by atoms with Crippen molar-refractivity contribution in [2.75, 3.05) is 0 Å². The van der Waals surface area contributed by atoms with E-state index in [1.165, 1.54) is 12.5 Å². The molecule has 0 aliphatic carbocycles. The summed E-state index contributed by atoms with van der Waals surface area (Å²) in [6, 6.07) is 3.50. The summed E-state index contributed by atoms with van der Waals surface area (Å²) in [6.07, 6.45) is 3.05. The van der Waals surface area contributed by atoms with Crippen LogP contribution < -0.4 is 5.73 Å². The second-order valence-corrected chi connectivity index (χ2v) is 4.60. The molecule has 2 aromatic rings. The molecule has 2 rings (SSSR count). The van der Waals surface area contributed by atoms with Crippen LogP contribution in [0.25, 0.3) is 11.5 Å². The molecule has 0 aliphatic rings. The summed E-state index contributed by atoms with van der Waals surface area (Å²) in [5.74, 6) is -0.513. The average molecular weight is 277 g/mol. The monoisotopic (exact) mass is 277 g/mol. The fraction of sp³-hybridized carbons (Fsp3) is 0.0833. The van der Waals surface area contributed by atoms with Gasteiger partial charge in [0.25, 0.3) is 0 Å². The number of thioether (sulfide) groups is 1. The summed E-state index contributed by atoms with van der Waals surface area (Å²) < 4.78 is 5.22. The van der Waals surface area contributed by atoms with Crippen molar-refractivity contribution >= 4 is 17.7 Å². The first-order valence-electron chi connectivity index (χ1n) is 5.31. The quantitative estimate of drug-likeness (QED) is 0.635. The summed E-state index contributed by atoms with van der Waals surface area (Å²) in [5, 5.41) is 9.23. The zero-order valence-electron chi connectivity index (χ0n) is 9.87. The third kappa shape index (κ3) is 3.01. The first-order valence-corrected chi connectivity index (χ1v) is 6.13. The molecule has 0 bridgehead atoms. The van der Waals surface area contributed by atoms with Gasteiger partial charge in [0, 0.05) is 6.54 Å².